The van der Waals surface area contributed by atoms with Crippen molar-refractivity contribution in [2.24, 2.45) is 0 Å². The number of nitrogens with zero attached hydrogens (tertiary/aromatic N) is 1. The molecule has 1 aliphatic rings. The van der Waals surface area contributed by atoms with Gasteiger partial charge >= 0.3 is 6.09 Å². The number of carbonyl (C=O) groups excluding carboxylic acids is 1. The molecule has 0 bridgehead atoms. The fourth-order valence-electron chi connectivity index (χ4n) is 1.30. The fraction of sp³-hybridized carbons (Fsp3) is 0.455. The number of pyridine rings is 1. The lowest BCUT2D eigenvalue weighted by Gasteiger charge is -2.13. The van der Waals surface area contributed by atoms with Crippen LogP contribution in [0.3, 0.4) is 0 Å². The molecule has 6 heteroatoms. The van der Waals surface area contributed by atoms with E-state index in [9.17, 15) is 9.18 Å². The highest BCUT2D eigenvalue weighted by Crippen LogP contribution is 2.22. The molecule has 1 fully saturated rings. The summed E-state index contributed by atoms with van der Waals surface area (Å²) in [5.41, 5.74) is 0.419. The standard InChI is InChI=1S/C11H12ClFN2O2/c1-6(17-11(16)15-7-2-3-7)10-4-8(12)9(13)5-14-10/h4-7H,2-3H2,1H3,(H,15,16). The van der Waals surface area contributed by atoms with Crippen molar-refractivity contribution in [3.8, 4) is 0 Å². The van der Waals surface area contributed by atoms with Crippen LogP contribution >= 0.6 is 11.6 Å². The number of aromatic nitrogens is 1. The van der Waals surface area contributed by atoms with Gasteiger partial charge in [0.2, 0.25) is 0 Å². The Morgan fingerprint density at radius 1 is 1.71 bits per heavy atom. The van der Waals surface area contributed by atoms with Crippen molar-refractivity contribution >= 4 is 17.7 Å². The zero-order valence-electron chi connectivity index (χ0n) is 9.24. The van der Waals surface area contributed by atoms with E-state index in [1.165, 1.54) is 6.07 Å². The highest BCUT2D eigenvalue weighted by molar-refractivity contribution is 6.30. The number of ether oxygens (including phenoxy) is 1. The third-order valence-corrected chi connectivity index (χ3v) is 2.72. The molecule has 1 aliphatic carbocycles. The van der Waals surface area contributed by atoms with Crippen molar-refractivity contribution in [1.82, 2.24) is 10.3 Å². The molecule has 0 saturated heterocycles. The van der Waals surface area contributed by atoms with Gasteiger partial charge in [-0.15, -0.1) is 0 Å². The highest BCUT2D eigenvalue weighted by Gasteiger charge is 2.25. The summed E-state index contributed by atoms with van der Waals surface area (Å²) in [5, 5.41) is 2.65. The molecule has 0 aromatic carbocycles. The molecule has 1 N–H and O–H groups in total. The molecule has 2 rings (SSSR count). The predicted octanol–water partition coefficient (Wildman–Crippen LogP) is 2.82. The summed E-state index contributed by atoms with van der Waals surface area (Å²) in [6, 6.07) is 1.59. The van der Waals surface area contributed by atoms with Crippen molar-refractivity contribution < 1.29 is 13.9 Å². The van der Waals surface area contributed by atoms with Crippen LogP contribution in [0.25, 0.3) is 0 Å². The molecular weight excluding hydrogens is 247 g/mol. The van der Waals surface area contributed by atoms with Crippen LogP contribution < -0.4 is 5.32 Å². The summed E-state index contributed by atoms with van der Waals surface area (Å²) in [6.45, 7) is 1.66. The number of carbonyl (C=O) groups is 1. The minimum absolute atomic E-state index is 0.0342. The molecule has 1 amide bonds. The maximum atomic E-state index is 12.9. The highest BCUT2D eigenvalue weighted by atomic mass is 35.5. The van der Waals surface area contributed by atoms with Gasteiger partial charge in [0.1, 0.15) is 6.10 Å². The Balaban J connectivity index is 1.95. The molecule has 92 valence electrons. The first-order valence-electron chi connectivity index (χ1n) is 5.34. The maximum Gasteiger partial charge on any atom is 0.408 e. The SMILES string of the molecule is CC(OC(=O)NC1CC1)c1cc(Cl)c(F)cn1. The summed E-state index contributed by atoms with van der Waals surface area (Å²) in [4.78, 5) is 15.2. The number of hydrogen-bond acceptors (Lipinski definition) is 3. The average molecular weight is 259 g/mol. The smallest absolute Gasteiger partial charge is 0.408 e. The number of amides is 1. The maximum absolute atomic E-state index is 12.9. The normalized spacial score (nSPS) is 16.4. The van der Waals surface area contributed by atoms with E-state index in [0.717, 1.165) is 19.0 Å². The van der Waals surface area contributed by atoms with Gasteiger partial charge in [-0.2, -0.15) is 0 Å². The van der Waals surface area contributed by atoms with Crippen molar-refractivity contribution in [2.45, 2.75) is 31.9 Å². The first kappa shape index (κ1) is 12.1. The summed E-state index contributed by atoms with van der Waals surface area (Å²) < 4.78 is 18.0. The third kappa shape index (κ3) is 3.30. The van der Waals surface area contributed by atoms with E-state index >= 15 is 0 Å². The van der Waals surface area contributed by atoms with Gasteiger partial charge in [0, 0.05) is 6.04 Å². The van der Waals surface area contributed by atoms with E-state index in [1.54, 1.807) is 6.92 Å². The van der Waals surface area contributed by atoms with Gasteiger partial charge < -0.3 is 10.1 Å². The van der Waals surface area contributed by atoms with Crippen LogP contribution in [-0.4, -0.2) is 17.1 Å². The zero-order chi connectivity index (χ0) is 12.4. The van der Waals surface area contributed by atoms with E-state index in [2.05, 4.69) is 10.3 Å². The first-order valence-corrected chi connectivity index (χ1v) is 5.72. The van der Waals surface area contributed by atoms with Crippen LogP contribution in [0.1, 0.15) is 31.6 Å². The molecule has 1 saturated carbocycles. The predicted molar refractivity (Wildman–Crippen MR) is 60.3 cm³/mol. The minimum atomic E-state index is -0.593. The minimum Gasteiger partial charge on any atom is -0.440 e. The number of alkyl carbamates (subject to hydrolysis) is 1. The fourth-order valence-corrected chi connectivity index (χ4v) is 1.46. The lowest BCUT2D eigenvalue weighted by atomic mass is 10.2. The Morgan fingerprint density at radius 2 is 2.41 bits per heavy atom. The Labute approximate surface area is 103 Å². The molecular formula is C11H12ClFN2O2. The van der Waals surface area contributed by atoms with Gasteiger partial charge in [0.25, 0.3) is 0 Å². The molecule has 1 aromatic rings. The summed E-state index contributed by atoms with van der Waals surface area (Å²) >= 11 is 5.62. The van der Waals surface area contributed by atoms with Gasteiger partial charge in [-0.3, -0.25) is 4.98 Å². The number of hydrogen-bond donors (Lipinski definition) is 1. The Morgan fingerprint density at radius 3 is 3.00 bits per heavy atom. The van der Waals surface area contributed by atoms with Gasteiger partial charge in [-0.25, -0.2) is 9.18 Å². The van der Waals surface area contributed by atoms with Crippen LogP contribution in [0.4, 0.5) is 9.18 Å². The Bertz CT molecular complexity index is 437. The van der Waals surface area contributed by atoms with E-state index in [1.807, 2.05) is 0 Å². The molecule has 0 aliphatic heterocycles. The van der Waals surface area contributed by atoms with E-state index in [0.29, 0.717) is 5.69 Å². The van der Waals surface area contributed by atoms with Crippen molar-refractivity contribution in [1.29, 1.82) is 0 Å². The van der Waals surface area contributed by atoms with E-state index in [4.69, 9.17) is 16.3 Å². The largest absolute Gasteiger partial charge is 0.440 e. The second-order valence-corrected chi connectivity index (χ2v) is 4.40. The molecule has 1 heterocycles. The lowest BCUT2D eigenvalue weighted by Crippen LogP contribution is -2.27. The third-order valence-electron chi connectivity index (χ3n) is 2.43. The first-order chi connectivity index (χ1) is 8.06. The number of rotatable bonds is 3. The van der Waals surface area contributed by atoms with Gasteiger partial charge in [0.15, 0.2) is 5.82 Å². The van der Waals surface area contributed by atoms with Crippen molar-refractivity contribution in [3.05, 3.63) is 28.8 Å². The molecule has 4 nitrogen and oxygen atoms in total. The van der Waals surface area contributed by atoms with E-state index < -0.39 is 18.0 Å². The summed E-state index contributed by atoms with van der Waals surface area (Å²) in [5.74, 6) is -0.593. The second-order valence-electron chi connectivity index (χ2n) is 3.99. The van der Waals surface area contributed by atoms with Gasteiger partial charge in [-0.05, 0) is 25.8 Å². The van der Waals surface area contributed by atoms with Crippen LogP contribution in [0.15, 0.2) is 12.3 Å². The molecule has 0 radical (unpaired) electrons. The van der Waals surface area contributed by atoms with Crippen LogP contribution in [0.5, 0.6) is 0 Å². The van der Waals surface area contributed by atoms with Crippen LogP contribution in [-0.2, 0) is 4.74 Å². The number of halogens is 2. The Hall–Kier alpha value is -1.36. The average Bonchev–Trinajstić information content (AvgIpc) is 3.05. The molecule has 1 unspecified atom stereocenters. The van der Waals surface area contributed by atoms with E-state index in [-0.39, 0.29) is 11.1 Å². The Kier molecular flexibility index (Phi) is 3.47. The number of nitrogens with one attached hydrogen (secondary N) is 1. The van der Waals surface area contributed by atoms with Crippen molar-refractivity contribution in [2.75, 3.05) is 0 Å². The quantitative estimate of drug-likeness (QED) is 0.907. The van der Waals surface area contributed by atoms with Crippen molar-refractivity contribution in [3.63, 3.8) is 0 Å². The monoisotopic (exact) mass is 258 g/mol. The second kappa shape index (κ2) is 4.87. The summed E-state index contributed by atoms with van der Waals surface area (Å²) in [6.07, 6.45) is 1.94. The molecule has 1 aromatic heterocycles. The molecule has 0 spiro atoms. The summed E-state index contributed by atoms with van der Waals surface area (Å²) in [7, 11) is 0. The van der Waals surface area contributed by atoms with Crippen LogP contribution in [0, 0.1) is 5.82 Å². The molecule has 1 atom stereocenters. The van der Waals surface area contributed by atoms with Crippen LogP contribution in [0.2, 0.25) is 5.02 Å². The molecule has 17 heavy (non-hydrogen) atoms. The lowest BCUT2D eigenvalue weighted by molar-refractivity contribution is 0.104. The van der Waals surface area contributed by atoms with Gasteiger partial charge in [-0.1, -0.05) is 11.6 Å². The van der Waals surface area contributed by atoms with Gasteiger partial charge in [0.05, 0.1) is 16.9 Å². The zero-order valence-corrected chi connectivity index (χ0v) is 10.00. The topological polar surface area (TPSA) is 51.2 Å².